The third-order valence-corrected chi connectivity index (χ3v) is 4.49. The van der Waals surface area contributed by atoms with Gasteiger partial charge in [0.2, 0.25) is 0 Å². The van der Waals surface area contributed by atoms with Gasteiger partial charge in [0, 0.05) is 11.5 Å². The number of carbonyl (C=O) groups is 1. The summed E-state index contributed by atoms with van der Waals surface area (Å²) in [4.78, 5) is 23.8. The first-order chi connectivity index (χ1) is 12.9. The normalized spacial score (nSPS) is 10.8. The summed E-state index contributed by atoms with van der Waals surface area (Å²) in [6.07, 6.45) is -0.106. The predicted molar refractivity (Wildman–Crippen MR) is 103 cm³/mol. The molecule has 0 amide bonds. The highest BCUT2D eigenvalue weighted by Crippen LogP contribution is 2.25. The van der Waals surface area contributed by atoms with Crippen LogP contribution in [0.5, 0.6) is 5.75 Å². The van der Waals surface area contributed by atoms with Crippen LogP contribution < -0.4 is 10.4 Å². The molecule has 0 radical (unpaired) electrons. The minimum atomic E-state index is -0.531. The Hall–Kier alpha value is -3.08. The van der Waals surface area contributed by atoms with Crippen molar-refractivity contribution in [2.75, 3.05) is 7.11 Å². The number of ether oxygens (including phenoxy) is 2. The van der Waals surface area contributed by atoms with Crippen molar-refractivity contribution >= 4 is 16.9 Å². The van der Waals surface area contributed by atoms with Crippen molar-refractivity contribution in [1.82, 2.24) is 0 Å². The van der Waals surface area contributed by atoms with E-state index >= 15 is 0 Å². The fourth-order valence-electron chi connectivity index (χ4n) is 3.20. The highest BCUT2D eigenvalue weighted by Gasteiger charge is 2.15. The molecule has 27 heavy (non-hydrogen) atoms. The summed E-state index contributed by atoms with van der Waals surface area (Å²) < 4.78 is 15.9. The SMILES string of the molecule is COC(=O)Cc1c(C)c2ccc(OCc3cc(C)cc(C)c3)cc2oc1=O. The molecule has 3 rings (SSSR count). The summed E-state index contributed by atoms with van der Waals surface area (Å²) in [6, 6.07) is 11.6. The van der Waals surface area contributed by atoms with E-state index in [1.807, 2.05) is 12.1 Å². The molecule has 1 heterocycles. The summed E-state index contributed by atoms with van der Waals surface area (Å²) in [7, 11) is 1.29. The van der Waals surface area contributed by atoms with Crippen LogP contribution in [0.3, 0.4) is 0 Å². The largest absolute Gasteiger partial charge is 0.489 e. The zero-order valence-corrected chi connectivity index (χ0v) is 15.9. The smallest absolute Gasteiger partial charge is 0.340 e. The van der Waals surface area contributed by atoms with Crippen LogP contribution in [0.2, 0.25) is 0 Å². The van der Waals surface area contributed by atoms with E-state index in [2.05, 4.69) is 36.8 Å². The topological polar surface area (TPSA) is 65.7 Å². The Morgan fingerprint density at radius 1 is 1.04 bits per heavy atom. The molecular formula is C22H22O5. The van der Waals surface area contributed by atoms with Crippen LogP contribution in [0.4, 0.5) is 0 Å². The fraction of sp³-hybridized carbons (Fsp3) is 0.273. The molecule has 0 aliphatic heterocycles. The van der Waals surface area contributed by atoms with Gasteiger partial charge in [0.05, 0.1) is 19.1 Å². The Bertz CT molecular complexity index is 1040. The maximum atomic E-state index is 12.3. The molecule has 0 aliphatic rings. The van der Waals surface area contributed by atoms with Gasteiger partial charge in [-0.05, 0) is 44.0 Å². The van der Waals surface area contributed by atoms with Crippen molar-refractivity contribution in [2.45, 2.75) is 33.8 Å². The average molecular weight is 366 g/mol. The number of hydrogen-bond acceptors (Lipinski definition) is 5. The number of carbonyl (C=O) groups excluding carboxylic acids is 1. The second-order valence-corrected chi connectivity index (χ2v) is 6.69. The zero-order valence-electron chi connectivity index (χ0n) is 15.9. The van der Waals surface area contributed by atoms with Crippen LogP contribution in [0.1, 0.15) is 27.8 Å². The molecule has 0 aliphatic carbocycles. The summed E-state index contributed by atoms with van der Waals surface area (Å²) in [5.41, 5.74) is 4.39. The van der Waals surface area contributed by atoms with Gasteiger partial charge in [-0.15, -0.1) is 0 Å². The summed E-state index contributed by atoms with van der Waals surface area (Å²) in [6.45, 7) is 6.33. The van der Waals surface area contributed by atoms with Gasteiger partial charge in [-0.25, -0.2) is 4.79 Å². The minimum Gasteiger partial charge on any atom is -0.489 e. The van der Waals surface area contributed by atoms with Crippen LogP contribution in [-0.2, 0) is 22.6 Å². The van der Waals surface area contributed by atoms with Crippen molar-refractivity contribution in [3.8, 4) is 5.75 Å². The lowest BCUT2D eigenvalue weighted by atomic mass is 10.0. The van der Waals surface area contributed by atoms with E-state index in [-0.39, 0.29) is 6.42 Å². The van der Waals surface area contributed by atoms with Crippen molar-refractivity contribution in [1.29, 1.82) is 0 Å². The molecular weight excluding hydrogens is 344 g/mol. The van der Waals surface area contributed by atoms with Gasteiger partial charge < -0.3 is 13.9 Å². The number of esters is 1. The summed E-state index contributed by atoms with van der Waals surface area (Å²) >= 11 is 0. The molecule has 0 unspecified atom stereocenters. The van der Waals surface area contributed by atoms with E-state index in [4.69, 9.17) is 9.15 Å². The van der Waals surface area contributed by atoms with Crippen LogP contribution in [-0.4, -0.2) is 13.1 Å². The van der Waals surface area contributed by atoms with E-state index in [0.717, 1.165) is 10.9 Å². The summed E-state index contributed by atoms with van der Waals surface area (Å²) in [5, 5.41) is 0.771. The lowest BCUT2D eigenvalue weighted by Crippen LogP contribution is -2.16. The predicted octanol–water partition coefficient (Wildman–Crippen LogP) is 4.01. The maximum absolute atomic E-state index is 12.3. The molecule has 0 spiro atoms. The maximum Gasteiger partial charge on any atom is 0.340 e. The molecule has 5 heteroatoms. The van der Waals surface area contributed by atoms with Gasteiger partial charge in [-0.1, -0.05) is 29.3 Å². The second kappa shape index (κ2) is 7.66. The van der Waals surface area contributed by atoms with E-state index in [0.29, 0.717) is 29.1 Å². The average Bonchev–Trinajstić information content (AvgIpc) is 2.62. The molecule has 0 N–H and O–H groups in total. The molecule has 5 nitrogen and oxygen atoms in total. The zero-order chi connectivity index (χ0) is 19.6. The van der Waals surface area contributed by atoms with Crippen LogP contribution >= 0.6 is 0 Å². The molecule has 1 aromatic heterocycles. The Balaban J connectivity index is 1.88. The van der Waals surface area contributed by atoms with E-state index in [1.165, 1.54) is 18.2 Å². The number of hydrogen-bond donors (Lipinski definition) is 0. The first-order valence-electron chi connectivity index (χ1n) is 8.70. The van der Waals surface area contributed by atoms with Crippen molar-refractivity contribution in [3.05, 3.63) is 74.6 Å². The Kier molecular flexibility index (Phi) is 5.31. The quantitative estimate of drug-likeness (QED) is 0.504. The molecule has 0 fully saturated rings. The summed E-state index contributed by atoms with van der Waals surface area (Å²) in [5.74, 6) is 0.142. The molecule has 0 atom stereocenters. The monoisotopic (exact) mass is 366 g/mol. The second-order valence-electron chi connectivity index (χ2n) is 6.69. The standard InChI is InChI=1S/C22H22O5/c1-13-7-14(2)9-16(8-13)12-26-17-5-6-18-15(3)19(11-21(23)25-4)22(24)27-20(18)10-17/h5-10H,11-12H2,1-4H3. The number of methoxy groups -OCH3 is 1. The molecule has 2 aromatic carbocycles. The first-order valence-corrected chi connectivity index (χ1v) is 8.70. The van der Waals surface area contributed by atoms with E-state index in [1.54, 1.807) is 13.0 Å². The van der Waals surface area contributed by atoms with Crippen LogP contribution in [0.15, 0.2) is 45.6 Å². The molecule has 140 valence electrons. The first kappa shape index (κ1) is 18.7. The van der Waals surface area contributed by atoms with E-state index in [9.17, 15) is 9.59 Å². The number of aryl methyl sites for hydroxylation is 3. The molecule has 3 aromatic rings. The van der Waals surface area contributed by atoms with E-state index < -0.39 is 11.6 Å². The van der Waals surface area contributed by atoms with Gasteiger partial charge in [0.1, 0.15) is 17.9 Å². The lowest BCUT2D eigenvalue weighted by molar-refractivity contribution is -0.139. The van der Waals surface area contributed by atoms with Crippen molar-refractivity contribution < 1.29 is 18.7 Å². The Morgan fingerprint density at radius 2 is 1.74 bits per heavy atom. The van der Waals surface area contributed by atoms with Gasteiger partial charge in [-0.3, -0.25) is 4.79 Å². The number of rotatable bonds is 5. The van der Waals surface area contributed by atoms with Gasteiger partial charge >= 0.3 is 11.6 Å². The number of benzene rings is 2. The highest BCUT2D eigenvalue weighted by molar-refractivity contribution is 5.84. The Labute approximate surface area is 157 Å². The lowest BCUT2D eigenvalue weighted by Gasteiger charge is -2.10. The van der Waals surface area contributed by atoms with Gasteiger partial charge in [0.15, 0.2) is 0 Å². The fourth-order valence-corrected chi connectivity index (χ4v) is 3.20. The van der Waals surface area contributed by atoms with Crippen LogP contribution in [0.25, 0.3) is 11.0 Å². The minimum absolute atomic E-state index is 0.106. The van der Waals surface area contributed by atoms with Crippen molar-refractivity contribution in [3.63, 3.8) is 0 Å². The highest BCUT2D eigenvalue weighted by atomic mass is 16.5. The number of fused-ring (bicyclic) bond motifs is 1. The molecule has 0 bridgehead atoms. The van der Waals surface area contributed by atoms with Gasteiger partial charge in [0.25, 0.3) is 0 Å². The van der Waals surface area contributed by atoms with Crippen LogP contribution in [0, 0.1) is 20.8 Å². The Morgan fingerprint density at radius 3 is 2.41 bits per heavy atom. The third-order valence-electron chi connectivity index (χ3n) is 4.49. The molecule has 0 saturated carbocycles. The third kappa shape index (κ3) is 4.19. The van der Waals surface area contributed by atoms with Gasteiger partial charge in [-0.2, -0.15) is 0 Å². The molecule has 0 saturated heterocycles. The van der Waals surface area contributed by atoms with Crippen molar-refractivity contribution in [2.24, 2.45) is 0 Å².